The molecule has 0 aromatic heterocycles. The lowest BCUT2D eigenvalue weighted by atomic mass is 10.1. The van der Waals surface area contributed by atoms with E-state index in [9.17, 15) is 4.79 Å². The van der Waals surface area contributed by atoms with Gasteiger partial charge in [-0.15, -0.1) is 0 Å². The van der Waals surface area contributed by atoms with Gasteiger partial charge in [0.2, 0.25) is 0 Å². The summed E-state index contributed by atoms with van der Waals surface area (Å²) in [6, 6.07) is 5.93. The van der Waals surface area contributed by atoms with E-state index in [2.05, 4.69) is 0 Å². The van der Waals surface area contributed by atoms with Crippen LogP contribution in [0, 0.1) is 13.8 Å². The summed E-state index contributed by atoms with van der Waals surface area (Å²) in [6.45, 7) is 4.42. The molecule has 80 valence electrons. The molecule has 1 unspecified atom stereocenters. The van der Waals surface area contributed by atoms with Crippen LogP contribution in [0.3, 0.4) is 0 Å². The van der Waals surface area contributed by atoms with Gasteiger partial charge in [-0.05, 0) is 25.0 Å². The lowest BCUT2D eigenvalue weighted by Gasteiger charge is -2.14. The molecule has 3 nitrogen and oxygen atoms in total. The molecule has 1 aliphatic rings. The van der Waals surface area contributed by atoms with Crippen molar-refractivity contribution in [2.75, 3.05) is 6.61 Å². The highest BCUT2D eigenvalue weighted by molar-refractivity contribution is 5.76. The summed E-state index contributed by atoms with van der Waals surface area (Å²) < 4.78 is 10.5. The molecule has 2 rings (SSSR count). The number of ether oxygens (including phenoxy) is 2. The molecule has 0 N–H and O–H groups in total. The molecule has 0 radical (unpaired) electrons. The predicted octanol–water partition coefficient (Wildman–Crippen LogP) is 2.00. The first kappa shape index (κ1) is 10.0. The Labute approximate surface area is 89.0 Å². The number of benzene rings is 1. The second kappa shape index (κ2) is 3.93. The summed E-state index contributed by atoms with van der Waals surface area (Å²) in [7, 11) is 0. The van der Waals surface area contributed by atoms with Crippen molar-refractivity contribution in [3.63, 3.8) is 0 Å². The fourth-order valence-corrected chi connectivity index (χ4v) is 1.71. The minimum atomic E-state index is -0.426. The van der Waals surface area contributed by atoms with Crippen molar-refractivity contribution in [3.05, 3.63) is 29.3 Å². The van der Waals surface area contributed by atoms with Crippen LogP contribution in [0.2, 0.25) is 0 Å². The molecule has 0 spiro atoms. The van der Waals surface area contributed by atoms with Gasteiger partial charge in [0.1, 0.15) is 5.75 Å². The summed E-state index contributed by atoms with van der Waals surface area (Å²) in [5.41, 5.74) is 2.10. The van der Waals surface area contributed by atoms with Gasteiger partial charge in [0.15, 0.2) is 6.10 Å². The van der Waals surface area contributed by atoms with Gasteiger partial charge in [-0.25, -0.2) is 4.79 Å². The quantitative estimate of drug-likeness (QED) is 0.694. The zero-order valence-electron chi connectivity index (χ0n) is 8.95. The van der Waals surface area contributed by atoms with E-state index < -0.39 is 6.10 Å². The van der Waals surface area contributed by atoms with Crippen LogP contribution >= 0.6 is 0 Å². The second-order valence-electron chi connectivity index (χ2n) is 3.78. The topological polar surface area (TPSA) is 35.5 Å². The minimum Gasteiger partial charge on any atom is -0.478 e. The normalized spacial score (nSPS) is 20.1. The number of aryl methyl sites for hydroxylation is 2. The molecule has 3 heteroatoms. The van der Waals surface area contributed by atoms with E-state index in [0.29, 0.717) is 13.0 Å². The lowest BCUT2D eigenvalue weighted by molar-refractivity contribution is -0.143. The van der Waals surface area contributed by atoms with E-state index >= 15 is 0 Å². The van der Waals surface area contributed by atoms with Gasteiger partial charge >= 0.3 is 5.97 Å². The second-order valence-corrected chi connectivity index (χ2v) is 3.78. The zero-order valence-corrected chi connectivity index (χ0v) is 8.95. The van der Waals surface area contributed by atoms with Crippen molar-refractivity contribution in [2.45, 2.75) is 26.4 Å². The average molecular weight is 206 g/mol. The number of hydrogen-bond donors (Lipinski definition) is 0. The molecule has 1 heterocycles. The van der Waals surface area contributed by atoms with Crippen LogP contribution < -0.4 is 4.74 Å². The minimum absolute atomic E-state index is 0.252. The van der Waals surface area contributed by atoms with Crippen molar-refractivity contribution in [1.29, 1.82) is 0 Å². The molecule has 0 bridgehead atoms. The van der Waals surface area contributed by atoms with E-state index in [1.807, 2.05) is 32.0 Å². The Bertz CT molecular complexity index is 364. The maximum absolute atomic E-state index is 11.3. The Morgan fingerprint density at radius 2 is 2.00 bits per heavy atom. The van der Waals surface area contributed by atoms with Gasteiger partial charge in [0, 0.05) is 6.42 Å². The van der Waals surface area contributed by atoms with Crippen molar-refractivity contribution in [2.24, 2.45) is 0 Å². The van der Waals surface area contributed by atoms with E-state index in [1.165, 1.54) is 0 Å². The standard InChI is InChI=1S/C12H14O3/c1-8-4-3-5-9(2)11(8)15-10-6-7-14-12(10)13/h3-5,10H,6-7H2,1-2H3. The Balaban J connectivity index is 2.20. The van der Waals surface area contributed by atoms with Crippen molar-refractivity contribution in [3.8, 4) is 5.75 Å². The van der Waals surface area contributed by atoms with Crippen LogP contribution in [0.1, 0.15) is 17.5 Å². The maximum Gasteiger partial charge on any atom is 0.347 e. The SMILES string of the molecule is Cc1cccc(C)c1OC1CCOC1=O. The number of para-hydroxylation sites is 1. The van der Waals surface area contributed by atoms with Crippen LogP contribution in [-0.2, 0) is 9.53 Å². The fourth-order valence-electron chi connectivity index (χ4n) is 1.71. The van der Waals surface area contributed by atoms with Crippen LogP contribution in [0.15, 0.2) is 18.2 Å². The number of carbonyl (C=O) groups is 1. The highest BCUT2D eigenvalue weighted by Crippen LogP contribution is 2.25. The van der Waals surface area contributed by atoms with Crippen molar-refractivity contribution in [1.82, 2.24) is 0 Å². The zero-order chi connectivity index (χ0) is 10.8. The Morgan fingerprint density at radius 1 is 1.33 bits per heavy atom. The third kappa shape index (κ3) is 1.96. The number of carbonyl (C=O) groups excluding carboxylic acids is 1. The molecule has 0 aliphatic carbocycles. The molecule has 1 aromatic rings. The summed E-state index contributed by atoms with van der Waals surface area (Å²) in [5, 5.41) is 0. The summed E-state index contributed by atoms with van der Waals surface area (Å²) in [4.78, 5) is 11.3. The lowest BCUT2D eigenvalue weighted by Crippen LogP contribution is -2.22. The molecule has 0 saturated carbocycles. The number of esters is 1. The van der Waals surface area contributed by atoms with Crippen molar-refractivity contribution >= 4 is 5.97 Å². The van der Waals surface area contributed by atoms with E-state index in [1.54, 1.807) is 0 Å². The molecule has 1 aromatic carbocycles. The average Bonchev–Trinajstić information content (AvgIpc) is 2.58. The van der Waals surface area contributed by atoms with Gasteiger partial charge in [0.05, 0.1) is 6.61 Å². The number of rotatable bonds is 2. The maximum atomic E-state index is 11.3. The first-order valence-corrected chi connectivity index (χ1v) is 5.08. The molecule has 15 heavy (non-hydrogen) atoms. The third-order valence-electron chi connectivity index (χ3n) is 2.56. The smallest absolute Gasteiger partial charge is 0.347 e. The van der Waals surface area contributed by atoms with Gasteiger partial charge in [-0.1, -0.05) is 18.2 Å². The van der Waals surface area contributed by atoms with Gasteiger partial charge < -0.3 is 9.47 Å². The molecular formula is C12H14O3. The molecular weight excluding hydrogens is 192 g/mol. The summed E-state index contributed by atoms with van der Waals surface area (Å²) in [5.74, 6) is 0.555. The molecule has 0 amide bonds. The van der Waals surface area contributed by atoms with Crippen molar-refractivity contribution < 1.29 is 14.3 Å². The van der Waals surface area contributed by atoms with Crippen LogP contribution in [-0.4, -0.2) is 18.7 Å². The van der Waals surface area contributed by atoms with Gasteiger partial charge in [-0.3, -0.25) is 0 Å². The molecule has 1 aliphatic heterocycles. The summed E-state index contributed by atoms with van der Waals surface area (Å²) in [6.07, 6.45) is 0.219. The molecule has 1 atom stereocenters. The Morgan fingerprint density at radius 3 is 2.53 bits per heavy atom. The Kier molecular flexibility index (Phi) is 2.62. The highest BCUT2D eigenvalue weighted by Gasteiger charge is 2.29. The fraction of sp³-hybridized carbons (Fsp3) is 0.417. The van der Waals surface area contributed by atoms with E-state index in [0.717, 1.165) is 16.9 Å². The van der Waals surface area contributed by atoms with Crippen LogP contribution in [0.4, 0.5) is 0 Å². The van der Waals surface area contributed by atoms with E-state index in [-0.39, 0.29) is 5.97 Å². The molecule has 1 fully saturated rings. The third-order valence-corrected chi connectivity index (χ3v) is 2.56. The van der Waals surface area contributed by atoms with Crippen LogP contribution in [0.25, 0.3) is 0 Å². The predicted molar refractivity (Wildman–Crippen MR) is 55.9 cm³/mol. The largest absolute Gasteiger partial charge is 0.478 e. The Hall–Kier alpha value is -1.51. The summed E-state index contributed by atoms with van der Waals surface area (Å²) >= 11 is 0. The first-order chi connectivity index (χ1) is 7.18. The van der Waals surface area contributed by atoms with E-state index in [4.69, 9.17) is 9.47 Å². The monoisotopic (exact) mass is 206 g/mol. The van der Waals surface area contributed by atoms with Gasteiger partial charge in [0.25, 0.3) is 0 Å². The van der Waals surface area contributed by atoms with Gasteiger partial charge in [-0.2, -0.15) is 0 Å². The highest BCUT2D eigenvalue weighted by atomic mass is 16.6. The first-order valence-electron chi connectivity index (χ1n) is 5.08. The molecule has 1 saturated heterocycles. The number of cyclic esters (lactones) is 1. The van der Waals surface area contributed by atoms with Crippen LogP contribution in [0.5, 0.6) is 5.75 Å². The number of hydrogen-bond acceptors (Lipinski definition) is 3.